The molecule has 108 valence electrons. The maximum atomic E-state index is 12.4. The molecule has 1 saturated heterocycles. The molecule has 0 saturated carbocycles. The summed E-state index contributed by atoms with van der Waals surface area (Å²) in [5.41, 5.74) is 6.14. The number of nitrogens with zero attached hydrogens (tertiary/aromatic N) is 3. The van der Waals surface area contributed by atoms with Gasteiger partial charge in [0.25, 0.3) is 11.6 Å². The number of carbonyl (C=O) groups excluding carboxylic acids is 1. The van der Waals surface area contributed by atoms with Crippen molar-refractivity contribution in [3.63, 3.8) is 0 Å². The summed E-state index contributed by atoms with van der Waals surface area (Å²) in [7, 11) is 0. The molecule has 1 aliphatic rings. The molecule has 1 amide bonds. The molecule has 0 unspecified atom stereocenters. The zero-order valence-corrected chi connectivity index (χ0v) is 11.4. The number of hydrogen-bond acceptors (Lipinski definition) is 5. The zero-order valence-electron chi connectivity index (χ0n) is 11.4. The molecule has 0 spiro atoms. The summed E-state index contributed by atoms with van der Waals surface area (Å²) in [6.45, 7) is 5.91. The van der Waals surface area contributed by atoms with E-state index in [0.717, 1.165) is 19.6 Å². The second kappa shape index (κ2) is 5.87. The Hall–Kier alpha value is -2.15. The highest BCUT2D eigenvalue weighted by Gasteiger charge is 2.24. The minimum Gasteiger partial charge on any atom is -0.398 e. The second-order valence-electron chi connectivity index (χ2n) is 4.76. The van der Waals surface area contributed by atoms with E-state index in [4.69, 9.17) is 5.73 Å². The lowest BCUT2D eigenvalue weighted by atomic mass is 10.1. The third-order valence-corrected chi connectivity index (χ3v) is 3.58. The molecule has 1 aromatic carbocycles. The minimum absolute atomic E-state index is 0.116. The van der Waals surface area contributed by atoms with Crippen LogP contribution in [0.1, 0.15) is 17.3 Å². The highest BCUT2D eigenvalue weighted by atomic mass is 16.6. The van der Waals surface area contributed by atoms with E-state index in [2.05, 4.69) is 11.8 Å². The van der Waals surface area contributed by atoms with Crippen LogP contribution in [0.25, 0.3) is 0 Å². The number of non-ortho nitro benzene ring substituents is 1. The Bertz CT molecular complexity index is 524. The van der Waals surface area contributed by atoms with Crippen molar-refractivity contribution in [2.75, 3.05) is 38.5 Å². The summed E-state index contributed by atoms with van der Waals surface area (Å²) in [4.78, 5) is 26.6. The van der Waals surface area contributed by atoms with Gasteiger partial charge >= 0.3 is 0 Å². The van der Waals surface area contributed by atoms with Gasteiger partial charge in [0.1, 0.15) is 0 Å². The van der Waals surface area contributed by atoms with Crippen LogP contribution in [-0.4, -0.2) is 53.4 Å². The van der Waals surface area contributed by atoms with Crippen LogP contribution in [0.4, 0.5) is 11.4 Å². The summed E-state index contributed by atoms with van der Waals surface area (Å²) in [5, 5.41) is 10.8. The Morgan fingerprint density at radius 3 is 2.55 bits per heavy atom. The number of rotatable bonds is 3. The van der Waals surface area contributed by atoms with Gasteiger partial charge in [-0.05, 0) is 12.6 Å². The molecule has 1 heterocycles. The molecule has 20 heavy (non-hydrogen) atoms. The van der Waals surface area contributed by atoms with Crippen LogP contribution >= 0.6 is 0 Å². The number of amides is 1. The normalized spacial score (nSPS) is 16.1. The molecule has 2 N–H and O–H groups in total. The number of nitrogens with two attached hydrogens (primary N) is 1. The van der Waals surface area contributed by atoms with E-state index in [1.807, 2.05) is 0 Å². The van der Waals surface area contributed by atoms with E-state index in [9.17, 15) is 14.9 Å². The van der Waals surface area contributed by atoms with Crippen molar-refractivity contribution in [3.8, 4) is 0 Å². The fourth-order valence-electron chi connectivity index (χ4n) is 2.28. The number of carbonyl (C=O) groups is 1. The number of nitrogen functional groups attached to an aromatic ring is 1. The summed E-state index contributed by atoms with van der Waals surface area (Å²) in [6, 6.07) is 3.97. The van der Waals surface area contributed by atoms with Crippen LogP contribution in [0.5, 0.6) is 0 Å². The third-order valence-electron chi connectivity index (χ3n) is 3.58. The van der Waals surface area contributed by atoms with E-state index in [0.29, 0.717) is 13.1 Å². The number of nitro groups is 1. The van der Waals surface area contributed by atoms with Crippen LogP contribution in [0, 0.1) is 10.1 Å². The fourth-order valence-corrected chi connectivity index (χ4v) is 2.28. The predicted octanol–water partition coefficient (Wildman–Crippen LogP) is 0.955. The van der Waals surface area contributed by atoms with Crippen LogP contribution in [0.2, 0.25) is 0 Å². The Morgan fingerprint density at radius 1 is 1.35 bits per heavy atom. The first-order chi connectivity index (χ1) is 9.52. The third kappa shape index (κ3) is 2.88. The molecule has 0 aliphatic carbocycles. The monoisotopic (exact) mass is 278 g/mol. The number of piperazine rings is 1. The van der Waals surface area contributed by atoms with Gasteiger partial charge in [-0.15, -0.1) is 0 Å². The fraction of sp³-hybridized carbons (Fsp3) is 0.462. The average Bonchev–Trinajstić information content (AvgIpc) is 2.47. The lowest BCUT2D eigenvalue weighted by molar-refractivity contribution is -0.384. The van der Waals surface area contributed by atoms with Gasteiger partial charge in [-0.1, -0.05) is 6.92 Å². The first-order valence-electron chi connectivity index (χ1n) is 6.58. The van der Waals surface area contributed by atoms with Gasteiger partial charge in [-0.2, -0.15) is 0 Å². The smallest absolute Gasteiger partial charge is 0.270 e. The number of benzene rings is 1. The number of hydrogen-bond donors (Lipinski definition) is 1. The summed E-state index contributed by atoms with van der Waals surface area (Å²) in [6.07, 6.45) is 0. The molecule has 0 bridgehead atoms. The molecule has 0 aromatic heterocycles. The van der Waals surface area contributed by atoms with Gasteiger partial charge in [0, 0.05) is 44.0 Å². The van der Waals surface area contributed by atoms with E-state index in [-0.39, 0.29) is 22.8 Å². The Morgan fingerprint density at radius 2 is 2.00 bits per heavy atom. The van der Waals surface area contributed by atoms with Crippen molar-refractivity contribution < 1.29 is 9.72 Å². The standard InChI is InChI=1S/C13H18N4O3/c1-2-15-5-7-16(8-6-15)13(18)11-9-10(17(19)20)3-4-12(11)14/h3-4,9H,2,5-8,14H2,1H3. The second-order valence-corrected chi connectivity index (χ2v) is 4.76. The highest BCUT2D eigenvalue weighted by molar-refractivity contribution is 5.99. The average molecular weight is 278 g/mol. The van der Waals surface area contributed by atoms with Crippen LogP contribution in [-0.2, 0) is 0 Å². The lowest BCUT2D eigenvalue weighted by Crippen LogP contribution is -2.48. The largest absolute Gasteiger partial charge is 0.398 e. The van der Waals surface area contributed by atoms with Gasteiger partial charge in [0.05, 0.1) is 10.5 Å². The van der Waals surface area contributed by atoms with E-state index >= 15 is 0 Å². The number of nitro benzene ring substituents is 1. The molecular weight excluding hydrogens is 260 g/mol. The first-order valence-corrected chi connectivity index (χ1v) is 6.58. The molecule has 1 aliphatic heterocycles. The first kappa shape index (κ1) is 14.3. The van der Waals surface area contributed by atoms with Crippen molar-refractivity contribution >= 4 is 17.3 Å². The lowest BCUT2D eigenvalue weighted by Gasteiger charge is -2.34. The highest BCUT2D eigenvalue weighted by Crippen LogP contribution is 2.21. The number of anilines is 1. The zero-order chi connectivity index (χ0) is 14.7. The van der Waals surface area contributed by atoms with Gasteiger partial charge in [0.15, 0.2) is 0 Å². The minimum atomic E-state index is -0.523. The molecule has 7 nitrogen and oxygen atoms in total. The molecule has 0 radical (unpaired) electrons. The predicted molar refractivity (Wildman–Crippen MR) is 75.5 cm³/mol. The van der Waals surface area contributed by atoms with E-state index in [1.165, 1.54) is 18.2 Å². The van der Waals surface area contributed by atoms with Crippen LogP contribution < -0.4 is 5.73 Å². The van der Waals surface area contributed by atoms with Crippen molar-refractivity contribution in [3.05, 3.63) is 33.9 Å². The molecule has 0 atom stereocenters. The summed E-state index contributed by atoms with van der Waals surface area (Å²) >= 11 is 0. The maximum absolute atomic E-state index is 12.4. The van der Waals surface area contributed by atoms with Gasteiger partial charge in [-0.25, -0.2) is 0 Å². The molecule has 2 rings (SSSR count). The van der Waals surface area contributed by atoms with Crippen LogP contribution in [0.15, 0.2) is 18.2 Å². The maximum Gasteiger partial charge on any atom is 0.270 e. The van der Waals surface area contributed by atoms with E-state index < -0.39 is 4.92 Å². The SMILES string of the molecule is CCN1CCN(C(=O)c2cc([N+](=O)[O-])ccc2N)CC1. The summed E-state index contributed by atoms with van der Waals surface area (Å²) < 4.78 is 0. The topological polar surface area (TPSA) is 92.7 Å². The van der Waals surface area contributed by atoms with Gasteiger partial charge in [0.2, 0.25) is 0 Å². The number of likely N-dealkylation sites (N-methyl/N-ethyl adjacent to an activating group) is 1. The van der Waals surface area contributed by atoms with Crippen molar-refractivity contribution in [2.24, 2.45) is 0 Å². The Balaban J connectivity index is 2.17. The van der Waals surface area contributed by atoms with Crippen LogP contribution in [0.3, 0.4) is 0 Å². The Labute approximate surface area is 117 Å². The van der Waals surface area contributed by atoms with Crippen molar-refractivity contribution in [1.29, 1.82) is 0 Å². The van der Waals surface area contributed by atoms with Gasteiger partial charge in [-0.3, -0.25) is 14.9 Å². The molecule has 1 aromatic rings. The molecule has 7 heteroatoms. The summed E-state index contributed by atoms with van der Waals surface area (Å²) in [5.74, 6) is -0.234. The van der Waals surface area contributed by atoms with Gasteiger partial charge < -0.3 is 15.5 Å². The Kier molecular flexibility index (Phi) is 4.19. The molecular formula is C13H18N4O3. The van der Waals surface area contributed by atoms with E-state index in [1.54, 1.807) is 4.90 Å². The molecule has 1 fully saturated rings. The quantitative estimate of drug-likeness (QED) is 0.505. The van der Waals surface area contributed by atoms with Crippen molar-refractivity contribution in [2.45, 2.75) is 6.92 Å². The van der Waals surface area contributed by atoms with Crippen molar-refractivity contribution in [1.82, 2.24) is 9.80 Å².